The first-order valence-corrected chi connectivity index (χ1v) is 9.88. The van der Waals surface area contributed by atoms with Crippen LogP contribution in [0.4, 0.5) is 23.3 Å². The van der Waals surface area contributed by atoms with E-state index < -0.39 is 6.04 Å². The van der Waals surface area contributed by atoms with Crippen molar-refractivity contribution in [2.45, 2.75) is 19.9 Å². The highest BCUT2D eigenvalue weighted by Gasteiger charge is 2.22. The number of nitrogen functional groups attached to an aromatic ring is 2. The Kier molecular flexibility index (Phi) is 5.34. The molecule has 3 heterocycles. The van der Waals surface area contributed by atoms with Crippen molar-refractivity contribution in [1.82, 2.24) is 24.5 Å². The standard InChI is InChI=1S/C21H18ClN9O/c1-10-7-8-26-9-14(10)31-19(28-13-6-4-5-12(22)15(13)20(31)32)11(2)27-18-16(25-3)17(23)29-21(24)30-18/h4-9,11H,1-2H3,(H5,23,24,27,29,30)/t11-/m0/s1. The molecule has 0 fully saturated rings. The Morgan fingerprint density at radius 1 is 1.22 bits per heavy atom. The maximum Gasteiger partial charge on any atom is 0.268 e. The molecule has 160 valence electrons. The highest BCUT2D eigenvalue weighted by Crippen LogP contribution is 2.32. The number of benzene rings is 1. The Morgan fingerprint density at radius 3 is 2.72 bits per heavy atom. The van der Waals surface area contributed by atoms with E-state index in [-0.39, 0.29) is 28.8 Å². The first-order valence-electron chi connectivity index (χ1n) is 9.51. The molecule has 1 aromatic carbocycles. The Hall–Kier alpha value is -4.23. The second-order valence-electron chi connectivity index (χ2n) is 7.05. The zero-order valence-corrected chi connectivity index (χ0v) is 17.9. The summed E-state index contributed by atoms with van der Waals surface area (Å²) in [5, 5.41) is 3.69. The van der Waals surface area contributed by atoms with Gasteiger partial charge in [-0.2, -0.15) is 0 Å². The number of fused-ring (bicyclic) bond motifs is 1. The molecule has 0 aliphatic rings. The molecular weight excluding hydrogens is 430 g/mol. The number of anilines is 3. The van der Waals surface area contributed by atoms with E-state index in [0.29, 0.717) is 27.4 Å². The molecule has 0 saturated heterocycles. The normalized spacial score (nSPS) is 11.8. The van der Waals surface area contributed by atoms with E-state index in [2.05, 4.69) is 25.1 Å². The fourth-order valence-electron chi connectivity index (χ4n) is 3.39. The molecule has 1 atom stereocenters. The molecule has 5 N–H and O–H groups in total. The largest absolute Gasteiger partial charge is 0.392 e. The molecular formula is C21H18ClN9O. The van der Waals surface area contributed by atoms with E-state index in [9.17, 15) is 4.79 Å². The molecule has 11 heteroatoms. The summed E-state index contributed by atoms with van der Waals surface area (Å²) in [6.45, 7) is 11.1. The zero-order chi connectivity index (χ0) is 23.0. The van der Waals surface area contributed by atoms with Crippen LogP contribution in [0.15, 0.2) is 41.5 Å². The number of hydrogen-bond acceptors (Lipinski definition) is 8. The van der Waals surface area contributed by atoms with Gasteiger partial charge in [0, 0.05) is 6.20 Å². The van der Waals surface area contributed by atoms with E-state index in [0.717, 1.165) is 5.56 Å². The van der Waals surface area contributed by atoms with Gasteiger partial charge in [-0.25, -0.2) is 19.8 Å². The lowest BCUT2D eigenvalue weighted by Gasteiger charge is -2.21. The van der Waals surface area contributed by atoms with Crippen molar-refractivity contribution in [3.05, 3.63) is 74.8 Å². The summed E-state index contributed by atoms with van der Waals surface area (Å²) in [5.41, 5.74) is 13.0. The maximum atomic E-state index is 13.6. The maximum absolute atomic E-state index is 13.6. The summed E-state index contributed by atoms with van der Waals surface area (Å²) in [6.07, 6.45) is 3.23. The monoisotopic (exact) mass is 447 g/mol. The van der Waals surface area contributed by atoms with Crippen molar-refractivity contribution in [2.24, 2.45) is 0 Å². The molecule has 0 unspecified atom stereocenters. The molecule has 0 saturated carbocycles. The first-order chi connectivity index (χ1) is 15.3. The van der Waals surface area contributed by atoms with E-state index in [4.69, 9.17) is 34.6 Å². The fraction of sp³-hybridized carbons (Fsp3) is 0.143. The van der Waals surface area contributed by atoms with Crippen molar-refractivity contribution in [3.63, 3.8) is 0 Å². The van der Waals surface area contributed by atoms with Crippen LogP contribution in [-0.4, -0.2) is 24.5 Å². The number of nitrogens with two attached hydrogens (primary N) is 2. The van der Waals surface area contributed by atoms with Gasteiger partial charge in [0.15, 0.2) is 0 Å². The minimum Gasteiger partial charge on any atom is -0.392 e. The van der Waals surface area contributed by atoms with Crippen LogP contribution in [0, 0.1) is 13.5 Å². The van der Waals surface area contributed by atoms with Gasteiger partial charge in [-0.3, -0.25) is 14.3 Å². The van der Waals surface area contributed by atoms with E-state index in [1.807, 2.05) is 6.92 Å². The summed E-state index contributed by atoms with van der Waals surface area (Å²) in [6, 6.07) is 6.29. The average Bonchev–Trinajstić information content (AvgIpc) is 2.74. The van der Waals surface area contributed by atoms with Crippen LogP contribution in [-0.2, 0) is 0 Å². The number of halogens is 1. The van der Waals surface area contributed by atoms with Gasteiger partial charge in [-0.15, -0.1) is 0 Å². The molecule has 0 amide bonds. The zero-order valence-electron chi connectivity index (χ0n) is 17.2. The van der Waals surface area contributed by atoms with Crippen molar-refractivity contribution in [1.29, 1.82) is 0 Å². The minimum atomic E-state index is -0.583. The second-order valence-corrected chi connectivity index (χ2v) is 7.46. The second kappa shape index (κ2) is 8.13. The summed E-state index contributed by atoms with van der Waals surface area (Å²) in [5.74, 6) is 0.393. The Labute approximate surface area is 187 Å². The Morgan fingerprint density at radius 2 is 2.00 bits per heavy atom. The van der Waals surface area contributed by atoms with E-state index >= 15 is 0 Å². The fourth-order valence-corrected chi connectivity index (χ4v) is 3.64. The molecule has 0 spiro atoms. The summed E-state index contributed by atoms with van der Waals surface area (Å²) < 4.78 is 1.46. The van der Waals surface area contributed by atoms with Crippen LogP contribution < -0.4 is 22.3 Å². The van der Waals surface area contributed by atoms with Crippen molar-refractivity contribution >= 4 is 45.8 Å². The molecule has 10 nitrogen and oxygen atoms in total. The number of pyridine rings is 1. The summed E-state index contributed by atoms with van der Waals surface area (Å²) >= 11 is 6.34. The van der Waals surface area contributed by atoms with Crippen molar-refractivity contribution in [3.8, 4) is 5.69 Å². The Bertz CT molecular complexity index is 1460. The van der Waals surface area contributed by atoms with Crippen molar-refractivity contribution in [2.75, 3.05) is 16.8 Å². The van der Waals surface area contributed by atoms with Crippen molar-refractivity contribution < 1.29 is 0 Å². The Balaban J connectivity index is 1.97. The van der Waals surface area contributed by atoms with Gasteiger partial charge in [0.05, 0.1) is 40.4 Å². The lowest BCUT2D eigenvalue weighted by atomic mass is 10.2. The highest BCUT2D eigenvalue weighted by molar-refractivity contribution is 6.35. The minimum absolute atomic E-state index is 0.0290. The van der Waals surface area contributed by atoms with Crippen LogP contribution in [0.25, 0.3) is 21.4 Å². The molecule has 4 rings (SSSR count). The predicted molar refractivity (Wildman–Crippen MR) is 124 cm³/mol. The van der Waals surface area contributed by atoms with Gasteiger partial charge in [0.1, 0.15) is 17.5 Å². The molecule has 32 heavy (non-hydrogen) atoms. The van der Waals surface area contributed by atoms with Crippen LogP contribution in [0.1, 0.15) is 24.4 Å². The lowest BCUT2D eigenvalue weighted by Crippen LogP contribution is -2.28. The van der Waals surface area contributed by atoms with Crippen LogP contribution in [0.3, 0.4) is 0 Å². The molecule has 0 aliphatic heterocycles. The SMILES string of the molecule is [C-]#[N+]c1c(N)nc(N)nc1N[C@@H](C)c1nc2cccc(Cl)c2c(=O)n1-c1cnccc1C. The van der Waals surface area contributed by atoms with Gasteiger partial charge < -0.3 is 16.8 Å². The van der Waals surface area contributed by atoms with Crippen LogP contribution >= 0.6 is 11.6 Å². The third-order valence-corrected chi connectivity index (χ3v) is 5.22. The average molecular weight is 448 g/mol. The number of nitrogens with zero attached hydrogens (tertiary/aromatic N) is 6. The predicted octanol–water partition coefficient (Wildman–Crippen LogP) is 3.42. The molecule has 0 bridgehead atoms. The number of hydrogen-bond donors (Lipinski definition) is 3. The third-order valence-electron chi connectivity index (χ3n) is 4.91. The van der Waals surface area contributed by atoms with Gasteiger partial charge in [-0.1, -0.05) is 17.7 Å². The highest BCUT2D eigenvalue weighted by atomic mass is 35.5. The first kappa shape index (κ1) is 21.0. The molecule has 0 radical (unpaired) electrons. The van der Waals surface area contributed by atoms with E-state index in [1.165, 1.54) is 4.57 Å². The smallest absolute Gasteiger partial charge is 0.268 e. The number of aromatic nitrogens is 5. The quantitative estimate of drug-likeness (QED) is 0.404. The van der Waals surface area contributed by atoms with Gasteiger partial charge in [0.25, 0.3) is 11.2 Å². The summed E-state index contributed by atoms with van der Waals surface area (Å²) in [4.78, 5) is 33.8. The number of rotatable bonds is 4. The lowest BCUT2D eigenvalue weighted by molar-refractivity contribution is 0.728. The van der Waals surface area contributed by atoms with Gasteiger partial charge >= 0.3 is 0 Å². The number of nitrogens with one attached hydrogen (secondary N) is 1. The molecule has 4 aromatic rings. The number of aryl methyl sites for hydroxylation is 1. The van der Waals surface area contributed by atoms with Crippen LogP contribution in [0.5, 0.6) is 0 Å². The van der Waals surface area contributed by atoms with E-state index in [1.54, 1.807) is 43.6 Å². The molecule has 0 aliphatic carbocycles. The summed E-state index contributed by atoms with van der Waals surface area (Å²) in [7, 11) is 0. The van der Waals surface area contributed by atoms with Gasteiger partial charge in [-0.05, 0) is 37.6 Å². The van der Waals surface area contributed by atoms with Crippen LogP contribution in [0.2, 0.25) is 5.02 Å². The third kappa shape index (κ3) is 3.55. The molecule has 3 aromatic heterocycles. The topological polar surface area (TPSA) is 142 Å². The van der Waals surface area contributed by atoms with Gasteiger partial charge in [0.2, 0.25) is 5.95 Å².